The lowest BCUT2D eigenvalue weighted by molar-refractivity contribution is -0.137. The van der Waals surface area contributed by atoms with E-state index in [2.05, 4.69) is 5.32 Å². The maximum atomic E-state index is 12.6. The minimum Gasteiger partial charge on any atom is -0.397 e. The molecular formula is C13H17F3N2O. The normalized spacial score (nSPS) is 11.7. The first-order valence-electron chi connectivity index (χ1n) is 6.07. The molecule has 0 bridgehead atoms. The van der Waals surface area contributed by atoms with Crippen LogP contribution < -0.4 is 11.1 Å². The summed E-state index contributed by atoms with van der Waals surface area (Å²) in [5.74, 6) is -0.537. The van der Waals surface area contributed by atoms with Crippen LogP contribution in [0.1, 0.15) is 32.3 Å². The molecule has 0 heterocycles. The zero-order valence-electron chi connectivity index (χ0n) is 10.8. The number of halogens is 3. The molecule has 0 aliphatic carbocycles. The average Bonchev–Trinajstić information content (AvgIpc) is 2.32. The number of carbonyl (C=O) groups is 1. The third kappa shape index (κ3) is 3.87. The van der Waals surface area contributed by atoms with Gasteiger partial charge < -0.3 is 11.1 Å². The van der Waals surface area contributed by atoms with Crippen LogP contribution in [0.2, 0.25) is 0 Å². The Kier molecular flexibility index (Phi) is 4.80. The summed E-state index contributed by atoms with van der Waals surface area (Å²) in [5, 5.41) is 2.46. The summed E-state index contributed by atoms with van der Waals surface area (Å²) >= 11 is 0. The predicted octanol–water partition coefficient (Wildman–Crippen LogP) is 3.66. The van der Waals surface area contributed by atoms with E-state index in [0.717, 1.165) is 18.2 Å². The first-order valence-corrected chi connectivity index (χ1v) is 6.07. The standard InChI is InChI=1S/C13H17F3N2O/c1-3-8(4-2)12(19)18-11-7-9(13(14,15)16)5-6-10(11)17/h5-8H,3-4,17H2,1-2H3,(H,18,19). The zero-order chi connectivity index (χ0) is 14.6. The Morgan fingerprint density at radius 3 is 2.37 bits per heavy atom. The van der Waals surface area contributed by atoms with Crippen molar-refractivity contribution < 1.29 is 18.0 Å². The van der Waals surface area contributed by atoms with Crippen molar-refractivity contribution in [2.75, 3.05) is 11.1 Å². The van der Waals surface area contributed by atoms with Gasteiger partial charge in [-0.05, 0) is 31.0 Å². The Morgan fingerprint density at radius 2 is 1.89 bits per heavy atom. The number of amides is 1. The van der Waals surface area contributed by atoms with Gasteiger partial charge in [0.15, 0.2) is 0 Å². The number of nitrogens with two attached hydrogens (primary N) is 1. The number of benzene rings is 1. The van der Waals surface area contributed by atoms with Gasteiger partial charge in [-0.15, -0.1) is 0 Å². The minimum atomic E-state index is -4.46. The molecule has 3 nitrogen and oxygen atoms in total. The van der Waals surface area contributed by atoms with Gasteiger partial charge in [0.1, 0.15) is 0 Å². The average molecular weight is 274 g/mol. The van der Waals surface area contributed by atoms with Gasteiger partial charge in [-0.3, -0.25) is 4.79 Å². The van der Waals surface area contributed by atoms with E-state index in [1.165, 1.54) is 0 Å². The van der Waals surface area contributed by atoms with Crippen molar-refractivity contribution in [3.63, 3.8) is 0 Å². The highest BCUT2D eigenvalue weighted by molar-refractivity contribution is 5.95. The molecule has 19 heavy (non-hydrogen) atoms. The largest absolute Gasteiger partial charge is 0.416 e. The van der Waals surface area contributed by atoms with Crippen molar-refractivity contribution >= 4 is 17.3 Å². The topological polar surface area (TPSA) is 55.1 Å². The first kappa shape index (κ1) is 15.3. The van der Waals surface area contributed by atoms with E-state index in [0.29, 0.717) is 12.8 Å². The van der Waals surface area contributed by atoms with Crippen molar-refractivity contribution in [3.8, 4) is 0 Å². The van der Waals surface area contributed by atoms with Gasteiger partial charge in [0.2, 0.25) is 5.91 Å². The number of carbonyl (C=O) groups excluding carboxylic acids is 1. The molecule has 106 valence electrons. The molecule has 1 aromatic carbocycles. The van der Waals surface area contributed by atoms with Gasteiger partial charge in [0, 0.05) is 5.92 Å². The molecule has 0 radical (unpaired) electrons. The SMILES string of the molecule is CCC(CC)C(=O)Nc1cc(C(F)(F)F)ccc1N. The maximum absolute atomic E-state index is 12.6. The molecule has 0 spiro atoms. The van der Waals surface area contributed by atoms with Crippen molar-refractivity contribution in [2.45, 2.75) is 32.9 Å². The lowest BCUT2D eigenvalue weighted by atomic mass is 10.0. The third-order valence-corrected chi connectivity index (χ3v) is 2.99. The minimum absolute atomic E-state index is 0.00623. The van der Waals surface area contributed by atoms with E-state index >= 15 is 0 Å². The Hall–Kier alpha value is -1.72. The molecule has 0 aromatic heterocycles. The molecule has 0 aliphatic heterocycles. The molecule has 0 atom stereocenters. The van der Waals surface area contributed by atoms with Gasteiger partial charge in [-0.2, -0.15) is 13.2 Å². The molecular weight excluding hydrogens is 257 g/mol. The molecule has 1 amide bonds. The molecule has 0 aliphatic rings. The number of anilines is 2. The second-order valence-corrected chi connectivity index (χ2v) is 4.30. The molecule has 0 unspecified atom stereocenters. The maximum Gasteiger partial charge on any atom is 0.416 e. The number of nitrogen functional groups attached to an aromatic ring is 1. The second-order valence-electron chi connectivity index (χ2n) is 4.30. The van der Waals surface area contributed by atoms with Gasteiger partial charge in [0.25, 0.3) is 0 Å². The molecule has 1 aromatic rings. The summed E-state index contributed by atoms with van der Waals surface area (Å²) in [6, 6.07) is 2.89. The number of nitrogens with one attached hydrogen (secondary N) is 1. The van der Waals surface area contributed by atoms with Gasteiger partial charge in [0.05, 0.1) is 16.9 Å². The zero-order valence-corrected chi connectivity index (χ0v) is 10.8. The molecule has 3 N–H and O–H groups in total. The van der Waals surface area contributed by atoms with Gasteiger partial charge in [-0.1, -0.05) is 13.8 Å². The van der Waals surface area contributed by atoms with Crippen LogP contribution in [-0.2, 0) is 11.0 Å². The molecule has 0 fully saturated rings. The smallest absolute Gasteiger partial charge is 0.397 e. The van der Waals surface area contributed by atoms with E-state index in [9.17, 15) is 18.0 Å². The van der Waals surface area contributed by atoms with Crippen LogP contribution >= 0.6 is 0 Å². The summed E-state index contributed by atoms with van der Waals surface area (Å²) in [7, 11) is 0. The highest BCUT2D eigenvalue weighted by Crippen LogP contribution is 2.33. The monoisotopic (exact) mass is 274 g/mol. The lowest BCUT2D eigenvalue weighted by Crippen LogP contribution is -2.22. The van der Waals surface area contributed by atoms with Crippen molar-refractivity contribution in [1.82, 2.24) is 0 Å². The fourth-order valence-electron chi connectivity index (χ4n) is 1.74. The number of hydrogen-bond donors (Lipinski definition) is 2. The molecule has 6 heteroatoms. The fraction of sp³-hybridized carbons (Fsp3) is 0.462. The highest BCUT2D eigenvalue weighted by Gasteiger charge is 2.31. The number of hydrogen-bond acceptors (Lipinski definition) is 2. The lowest BCUT2D eigenvalue weighted by Gasteiger charge is -2.15. The van der Waals surface area contributed by atoms with Gasteiger partial charge >= 0.3 is 6.18 Å². The van der Waals surface area contributed by atoms with Crippen molar-refractivity contribution in [3.05, 3.63) is 23.8 Å². The van der Waals surface area contributed by atoms with Crippen LogP contribution in [0.25, 0.3) is 0 Å². The Balaban J connectivity index is 2.98. The van der Waals surface area contributed by atoms with E-state index in [1.807, 2.05) is 13.8 Å². The van der Waals surface area contributed by atoms with E-state index in [-0.39, 0.29) is 23.2 Å². The molecule has 1 rings (SSSR count). The third-order valence-electron chi connectivity index (χ3n) is 2.99. The quantitative estimate of drug-likeness (QED) is 0.823. The van der Waals surface area contributed by atoms with Gasteiger partial charge in [-0.25, -0.2) is 0 Å². The van der Waals surface area contributed by atoms with Crippen LogP contribution in [-0.4, -0.2) is 5.91 Å². The fourth-order valence-corrected chi connectivity index (χ4v) is 1.74. The van der Waals surface area contributed by atoms with Crippen LogP contribution in [0.3, 0.4) is 0 Å². The van der Waals surface area contributed by atoms with Crippen LogP contribution in [0.5, 0.6) is 0 Å². The Labute approximate surface area is 110 Å². The van der Waals surface area contributed by atoms with Crippen molar-refractivity contribution in [1.29, 1.82) is 0 Å². The number of rotatable bonds is 4. The van der Waals surface area contributed by atoms with E-state index in [4.69, 9.17) is 5.73 Å². The Morgan fingerprint density at radius 1 is 1.32 bits per heavy atom. The molecule has 0 saturated carbocycles. The van der Waals surface area contributed by atoms with Crippen molar-refractivity contribution in [2.24, 2.45) is 5.92 Å². The molecule has 0 saturated heterocycles. The van der Waals surface area contributed by atoms with Crippen LogP contribution in [0, 0.1) is 5.92 Å². The van der Waals surface area contributed by atoms with Crippen LogP contribution in [0.4, 0.5) is 24.5 Å². The predicted molar refractivity (Wildman–Crippen MR) is 68.6 cm³/mol. The highest BCUT2D eigenvalue weighted by atomic mass is 19.4. The summed E-state index contributed by atoms with van der Waals surface area (Å²) in [4.78, 5) is 11.8. The summed E-state index contributed by atoms with van der Waals surface area (Å²) in [6.07, 6.45) is -3.20. The number of alkyl halides is 3. The van der Waals surface area contributed by atoms with Crippen LogP contribution in [0.15, 0.2) is 18.2 Å². The Bertz CT molecular complexity index is 454. The second kappa shape index (κ2) is 5.95. The van der Waals surface area contributed by atoms with E-state index in [1.54, 1.807) is 0 Å². The summed E-state index contributed by atoms with van der Waals surface area (Å²) in [6.45, 7) is 3.70. The summed E-state index contributed by atoms with van der Waals surface area (Å²) < 4.78 is 37.7. The van der Waals surface area contributed by atoms with E-state index < -0.39 is 11.7 Å². The first-order chi connectivity index (χ1) is 8.79. The summed E-state index contributed by atoms with van der Waals surface area (Å²) in [5.41, 5.74) is 4.87.